The lowest BCUT2D eigenvalue weighted by molar-refractivity contribution is -0.137. The molecule has 2 N–H and O–H groups in total. The molecule has 1 amide bonds. The number of nitrogens with zero attached hydrogens (tertiary/aromatic N) is 3. The summed E-state index contributed by atoms with van der Waals surface area (Å²) in [6.07, 6.45) is -2.92. The summed E-state index contributed by atoms with van der Waals surface area (Å²) in [6, 6.07) is 13.1. The highest BCUT2D eigenvalue weighted by molar-refractivity contribution is 6.05. The van der Waals surface area contributed by atoms with Gasteiger partial charge in [0.05, 0.1) is 36.2 Å². The van der Waals surface area contributed by atoms with Gasteiger partial charge in [0.15, 0.2) is 5.82 Å². The van der Waals surface area contributed by atoms with E-state index in [-0.39, 0.29) is 0 Å². The maximum absolute atomic E-state index is 13.1. The lowest BCUT2D eigenvalue weighted by atomic mass is 10.1. The summed E-state index contributed by atoms with van der Waals surface area (Å²) >= 11 is 0. The number of carbonyl (C=O) groups is 1. The first kappa shape index (κ1) is 21.6. The van der Waals surface area contributed by atoms with Gasteiger partial charge < -0.3 is 20.3 Å². The minimum absolute atomic E-state index is 0.366. The highest BCUT2D eigenvalue weighted by Gasteiger charge is 2.34. The molecule has 1 saturated heterocycles. The first-order valence-corrected chi connectivity index (χ1v) is 9.90. The molecule has 10 heteroatoms. The van der Waals surface area contributed by atoms with Crippen LogP contribution in [-0.4, -0.2) is 42.4 Å². The Kier molecular flexibility index (Phi) is 6.22. The van der Waals surface area contributed by atoms with Crippen molar-refractivity contribution in [3.63, 3.8) is 0 Å². The lowest BCUT2D eigenvalue weighted by Gasteiger charge is -2.28. The fourth-order valence-electron chi connectivity index (χ4n) is 3.32. The van der Waals surface area contributed by atoms with E-state index in [9.17, 15) is 18.0 Å². The van der Waals surface area contributed by atoms with Crippen LogP contribution in [-0.2, 0) is 10.9 Å². The number of ether oxygens (including phenoxy) is 1. The van der Waals surface area contributed by atoms with Gasteiger partial charge in [0.25, 0.3) is 5.91 Å². The molecule has 0 radical (unpaired) electrons. The van der Waals surface area contributed by atoms with Crippen LogP contribution in [0, 0.1) is 0 Å². The number of carbonyl (C=O) groups excluding carboxylic acids is 1. The summed E-state index contributed by atoms with van der Waals surface area (Å²) in [5.74, 6) is -0.285. The summed E-state index contributed by atoms with van der Waals surface area (Å²) in [5.41, 5.74) is 0.572. The van der Waals surface area contributed by atoms with Crippen molar-refractivity contribution in [1.29, 1.82) is 0 Å². The van der Waals surface area contributed by atoms with E-state index in [4.69, 9.17) is 4.74 Å². The quantitative estimate of drug-likeness (QED) is 0.611. The van der Waals surface area contributed by atoms with Gasteiger partial charge in [-0.2, -0.15) is 18.3 Å². The fraction of sp³-hybridized carbons (Fsp3) is 0.227. The van der Waals surface area contributed by atoms with E-state index < -0.39 is 23.2 Å². The van der Waals surface area contributed by atoms with E-state index >= 15 is 0 Å². The zero-order valence-corrected chi connectivity index (χ0v) is 16.9. The Morgan fingerprint density at radius 3 is 2.41 bits per heavy atom. The molecule has 4 rings (SSSR count). The number of anilines is 4. The third kappa shape index (κ3) is 5.14. The molecular weight excluding hydrogens is 423 g/mol. The van der Waals surface area contributed by atoms with Gasteiger partial charge in [0, 0.05) is 30.5 Å². The Balaban J connectivity index is 1.43. The highest BCUT2D eigenvalue weighted by atomic mass is 19.4. The highest BCUT2D eigenvalue weighted by Crippen LogP contribution is 2.32. The van der Waals surface area contributed by atoms with E-state index in [0.717, 1.165) is 30.9 Å². The van der Waals surface area contributed by atoms with Crippen molar-refractivity contribution in [1.82, 2.24) is 10.2 Å². The summed E-state index contributed by atoms with van der Waals surface area (Å²) in [6.45, 7) is 2.87. The van der Waals surface area contributed by atoms with Crippen LogP contribution in [0.2, 0.25) is 0 Å². The van der Waals surface area contributed by atoms with Crippen LogP contribution >= 0.6 is 0 Å². The Bertz CT molecular complexity index is 1080. The van der Waals surface area contributed by atoms with Crippen molar-refractivity contribution in [2.24, 2.45) is 0 Å². The number of halogens is 3. The summed E-state index contributed by atoms with van der Waals surface area (Å²) in [7, 11) is 0. The third-order valence-corrected chi connectivity index (χ3v) is 4.91. The zero-order valence-electron chi connectivity index (χ0n) is 16.9. The second-order valence-electron chi connectivity index (χ2n) is 7.10. The monoisotopic (exact) mass is 443 g/mol. The first-order chi connectivity index (χ1) is 15.4. The molecule has 1 aliphatic rings. The Morgan fingerprint density at radius 1 is 1.00 bits per heavy atom. The van der Waals surface area contributed by atoms with E-state index in [2.05, 4.69) is 25.7 Å². The zero-order chi connectivity index (χ0) is 22.6. The molecular formula is C22H20F3N5O2. The molecule has 2 aromatic carbocycles. The molecule has 32 heavy (non-hydrogen) atoms. The van der Waals surface area contributed by atoms with Crippen LogP contribution in [0.3, 0.4) is 0 Å². The molecule has 1 fully saturated rings. The number of hydrogen-bond acceptors (Lipinski definition) is 6. The second-order valence-corrected chi connectivity index (χ2v) is 7.10. The van der Waals surface area contributed by atoms with Crippen molar-refractivity contribution >= 4 is 28.8 Å². The SMILES string of the molecule is O=C(Nc1ccc(Nc2cc(N3CCOCC3)cnn2)cc1)c1ccccc1C(F)(F)F. The maximum Gasteiger partial charge on any atom is 0.417 e. The normalized spacial score (nSPS) is 14.2. The number of nitrogens with one attached hydrogen (secondary N) is 2. The molecule has 3 aromatic rings. The van der Waals surface area contributed by atoms with Crippen molar-refractivity contribution in [2.45, 2.75) is 6.18 Å². The van der Waals surface area contributed by atoms with Gasteiger partial charge in [-0.15, -0.1) is 5.10 Å². The van der Waals surface area contributed by atoms with E-state index in [1.165, 1.54) is 12.1 Å². The van der Waals surface area contributed by atoms with Crippen molar-refractivity contribution in [2.75, 3.05) is 41.8 Å². The molecule has 0 spiro atoms. The predicted molar refractivity (Wildman–Crippen MR) is 114 cm³/mol. The second kappa shape index (κ2) is 9.23. The minimum atomic E-state index is -4.61. The molecule has 0 atom stereocenters. The van der Waals surface area contributed by atoms with E-state index in [1.54, 1.807) is 30.5 Å². The smallest absolute Gasteiger partial charge is 0.378 e. The molecule has 2 heterocycles. The molecule has 0 saturated carbocycles. The number of benzene rings is 2. The minimum Gasteiger partial charge on any atom is -0.378 e. The summed E-state index contributed by atoms with van der Waals surface area (Å²) < 4.78 is 44.8. The van der Waals surface area contributed by atoms with E-state index in [0.29, 0.717) is 30.4 Å². The largest absolute Gasteiger partial charge is 0.417 e. The summed E-state index contributed by atoms with van der Waals surface area (Å²) in [5, 5.41) is 13.7. The molecule has 0 aliphatic carbocycles. The fourth-order valence-corrected chi connectivity index (χ4v) is 3.32. The van der Waals surface area contributed by atoms with Crippen molar-refractivity contribution < 1.29 is 22.7 Å². The third-order valence-electron chi connectivity index (χ3n) is 4.91. The number of rotatable bonds is 5. The predicted octanol–water partition coefficient (Wildman–Crippen LogP) is 4.33. The van der Waals surface area contributed by atoms with E-state index in [1.807, 2.05) is 6.07 Å². The van der Waals surface area contributed by atoms with Gasteiger partial charge in [-0.1, -0.05) is 12.1 Å². The van der Waals surface area contributed by atoms with Crippen LogP contribution < -0.4 is 15.5 Å². The van der Waals surface area contributed by atoms with Gasteiger partial charge in [0.2, 0.25) is 0 Å². The number of amides is 1. The Morgan fingerprint density at radius 2 is 1.69 bits per heavy atom. The number of alkyl halides is 3. The van der Waals surface area contributed by atoms with Crippen LogP contribution in [0.25, 0.3) is 0 Å². The molecule has 1 aromatic heterocycles. The molecule has 7 nitrogen and oxygen atoms in total. The standard InChI is InChI=1S/C22H20F3N5O2/c23-22(24,25)19-4-2-1-3-18(19)21(31)28-16-7-5-15(6-8-16)27-20-13-17(14-26-29-20)30-9-11-32-12-10-30/h1-8,13-14H,9-12H2,(H,27,29)(H,28,31). The van der Waals surface area contributed by atoms with Gasteiger partial charge in [0.1, 0.15) is 0 Å². The lowest BCUT2D eigenvalue weighted by Crippen LogP contribution is -2.36. The van der Waals surface area contributed by atoms with Crippen LogP contribution in [0.15, 0.2) is 60.8 Å². The van der Waals surface area contributed by atoms with Gasteiger partial charge in [-0.3, -0.25) is 4.79 Å². The van der Waals surface area contributed by atoms with Gasteiger partial charge in [-0.25, -0.2) is 0 Å². The van der Waals surface area contributed by atoms with Gasteiger partial charge in [-0.05, 0) is 36.4 Å². The number of aromatic nitrogens is 2. The molecule has 0 unspecified atom stereocenters. The topological polar surface area (TPSA) is 79.4 Å². The van der Waals surface area contributed by atoms with Crippen LogP contribution in [0.5, 0.6) is 0 Å². The Labute approximate surface area is 182 Å². The Hall–Kier alpha value is -3.66. The van der Waals surface area contributed by atoms with Crippen molar-refractivity contribution in [3.8, 4) is 0 Å². The molecule has 1 aliphatic heterocycles. The number of hydrogen-bond donors (Lipinski definition) is 2. The number of morpholine rings is 1. The maximum atomic E-state index is 13.1. The average molecular weight is 443 g/mol. The van der Waals surface area contributed by atoms with Crippen molar-refractivity contribution in [3.05, 3.63) is 71.9 Å². The molecule has 0 bridgehead atoms. The first-order valence-electron chi connectivity index (χ1n) is 9.90. The van der Waals surface area contributed by atoms with Gasteiger partial charge >= 0.3 is 6.18 Å². The average Bonchev–Trinajstić information content (AvgIpc) is 2.80. The molecule has 166 valence electrons. The summed E-state index contributed by atoms with van der Waals surface area (Å²) in [4.78, 5) is 14.5. The van der Waals surface area contributed by atoms with Crippen LogP contribution in [0.4, 0.5) is 36.1 Å². The van der Waals surface area contributed by atoms with Crippen LogP contribution in [0.1, 0.15) is 15.9 Å².